The minimum absolute atomic E-state index is 0.00613. The van der Waals surface area contributed by atoms with Gasteiger partial charge >= 0.3 is 0 Å². The summed E-state index contributed by atoms with van der Waals surface area (Å²) in [5.74, 6) is -2.45. The van der Waals surface area contributed by atoms with Gasteiger partial charge in [-0.2, -0.15) is 0 Å². The van der Waals surface area contributed by atoms with Crippen molar-refractivity contribution in [2.75, 3.05) is 6.54 Å². The number of amides is 5. The van der Waals surface area contributed by atoms with Crippen molar-refractivity contribution < 1.29 is 32.8 Å². The number of aromatic nitrogens is 4. The minimum Gasteiger partial charge on any atom is -0.446 e. The topological polar surface area (TPSA) is 207 Å². The third kappa shape index (κ3) is 8.32. The Labute approximate surface area is 316 Å². The summed E-state index contributed by atoms with van der Waals surface area (Å²) in [6.07, 6.45) is 8.11. The van der Waals surface area contributed by atoms with E-state index in [1.807, 2.05) is 48.7 Å². The molecule has 1 fully saturated rings. The van der Waals surface area contributed by atoms with Crippen molar-refractivity contribution in [3.8, 4) is 5.69 Å². The number of hydrogen-bond acceptors (Lipinski definition) is 10. The lowest BCUT2D eigenvalue weighted by molar-refractivity contribution is -0.126. The molecule has 0 saturated carbocycles. The molecule has 16 heteroatoms. The lowest BCUT2D eigenvalue weighted by atomic mass is 10.0. The second-order valence-corrected chi connectivity index (χ2v) is 14.2. The Morgan fingerprint density at radius 3 is 2.35 bits per heavy atom. The molecule has 5 amide bonds. The summed E-state index contributed by atoms with van der Waals surface area (Å²) in [4.78, 5) is 83.1. The number of benzene rings is 2. The first-order valence-electron chi connectivity index (χ1n) is 18.1. The van der Waals surface area contributed by atoms with Gasteiger partial charge in [0.05, 0.1) is 6.33 Å². The summed E-state index contributed by atoms with van der Waals surface area (Å²) >= 11 is 0. The highest BCUT2D eigenvalue weighted by atomic mass is 16.3. The Bertz CT molecular complexity index is 2160. The molecule has 0 aliphatic carbocycles. The van der Waals surface area contributed by atoms with E-state index in [-0.39, 0.29) is 54.4 Å². The van der Waals surface area contributed by atoms with Crippen LogP contribution in [0.25, 0.3) is 5.69 Å². The van der Waals surface area contributed by atoms with E-state index < -0.39 is 53.8 Å². The SMILES string of the molecule is CC(C)C[C@H]1NC(=O)c2coc(n2)[C@H](Cc2ccccc2)NC(=O)[C@@H]2C[C@H](NC(=O)c3ccc(-n4ccnc4)cc3)CN2C(=O)c2coc(n2)[C@@H](C)NC1=O. The van der Waals surface area contributed by atoms with Crippen LogP contribution in [0.2, 0.25) is 0 Å². The first-order chi connectivity index (χ1) is 26.5. The first kappa shape index (κ1) is 36.8. The van der Waals surface area contributed by atoms with Crippen LogP contribution in [0.3, 0.4) is 0 Å². The van der Waals surface area contributed by atoms with E-state index in [9.17, 15) is 24.0 Å². The van der Waals surface area contributed by atoms with Gasteiger partial charge in [-0.05, 0) is 55.5 Å². The van der Waals surface area contributed by atoms with E-state index in [1.54, 1.807) is 49.9 Å². The number of imidazole rings is 1. The zero-order chi connectivity index (χ0) is 38.6. The van der Waals surface area contributed by atoms with Crippen LogP contribution in [0.4, 0.5) is 0 Å². The van der Waals surface area contributed by atoms with Gasteiger partial charge in [0.15, 0.2) is 11.4 Å². The summed E-state index contributed by atoms with van der Waals surface area (Å²) in [6, 6.07) is 12.1. The second-order valence-electron chi connectivity index (χ2n) is 14.2. The van der Waals surface area contributed by atoms with Crippen molar-refractivity contribution in [3.05, 3.63) is 120 Å². The van der Waals surface area contributed by atoms with Gasteiger partial charge in [0.2, 0.25) is 23.6 Å². The zero-order valence-corrected chi connectivity index (χ0v) is 30.5. The molecule has 16 nitrogen and oxygen atoms in total. The zero-order valence-electron chi connectivity index (χ0n) is 30.5. The van der Waals surface area contributed by atoms with Crippen molar-refractivity contribution >= 4 is 29.5 Å². The molecule has 0 unspecified atom stereocenters. The normalized spacial score (nSPS) is 22.0. The molecule has 55 heavy (non-hydrogen) atoms. The molecule has 2 aromatic carbocycles. The van der Waals surface area contributed by atoms with Gasteiger partial charge in [0.25, 0.3) is 17.7 Å². The summed E-state index contributed by atoms with van der Waals surface area (Å²) in [7, 11) is 0. The van der Waals surface area contributed by atoms with Gasteiger partial charge < -0.3 is 39.6 Å². The smallest absolute Gasteiger partial charge is 0.276 e. The predicted octanol–water partition coefficient (Wildman–Crippen LogP) is 3.30. The van der Waals surface area contributed by atoms with Crippen molar-refractivity contribution in [1.29, 1.82) is 0 Å². The fourth-order valence-electron chi connectivity index (χ4n) is 6.79. The Morgan fingerprint density at radius 2 is 1.62 bits per heavy atom. The van der Waals surface area contributed by atoms with E-state index >= 15 is 0 Å². The van der Waals surface area contributed by atoms with Gasteiger partial charge in [-0.1, -0.05) is 44.2 Å². The Morgan fingerprint density at radius 1 is 0.891 bits per heavy atom. The molecule has 2 aliphatic rings. The van der Waals surface area contributed by atoms with Crippen LogP contribution in [-0.4, -0.2) is 78.6 Å². The molecular weight excluding hydrogens is 706 g/mol. The van der Waals surface area contributed by atoms with Crippen molar-refractivity contribution in [2.45, 2.75) is 70.2 Å². The van der Waals surface area contributed by atoms with E-state index in [0.29, 0.717) is 12.0 Å². The Balaban J connectivity index is 1.20. The summed E-state index contributed by atoms with van der Waals surface area (Å²) < 4.78 is 13.3. The molecule has 284 valence electrons. The average Bonchev–Trinajstić information content (AvgIpc) is 4.01. The van der Waals surface area contributed by atoms with Gasteiger partial charge in [-0.3, -0.25) is 24.0 Å². The van der Waals surface area contributed by atoms with E-state index in [1.165, 1.54) is 17.4 Å². The quantitative estimate of drug-likeness (QED) is 0.191. The molecule has 0 radical (unpaired) electrons. The van der Waals surface area contributed by atoms with Crippen LogP contribution in [-0.2, 0) is 16.0 Å². The molecule has 3 aromatic heterocycles. The molecule has 0 spiro atoms. The third-order valence-electron chi connectivity index (χ3n) is 9.58. The average molecular weight is 748 g/mol. The predicted molar refractivity (Wildman–Crippen MR) is 196 cm³/mol. The van der Waals surface area contributed by atoms with Gasteiger partial charge in [-0.25, -0.2) is 15.0 Å². The summed E-state index contributed by atoms with van der Waals surface area (Å²) in [6.45, 7) is 5.48. The van der Waals surface area contributed by atoms with Crippen LogP contribution in [0.1, 0.15) is 94.4 Å². The number of nitrogens with zero attached hydrogens (tertiary/aromatic N) is 5. The van der Waals surface area contributed by atoms with Gasteiger partial charge in [0, 0.05) is 42.7 Å². The van der Waals surface area contributed by atoms with Gasteiger partial charge in [0.1, 0.15) is 36.7 Å². The molecule has 2 aliphatic heterocycles. The van der Waals surface area contributed by atoms with Crippen LogP contribution >= 0.6 is 0 Å². The van der Waals surface area contributed by atoms with E-state index in [4.69, 9.17) is 8.83 Å². The third-order valence-corrected chi connectivity index (χ3v) is 9.58. The maximum Gasteiger partial charge on any atom is 0.276 e. The Kier molecular flexibility index (Phi) is 10.6. The van der Waals surface area contributed by atoms with E-state index in [0.717, 1.165) is 11.3 Å². The highest BCUT2D eigenvalue weighted by Gasteiger charge is 2.42. The highest BCUT2D eigenvalue weighted by molar-refractivity contribution is 5.98. The second kappa shape index (κ2) is 15.8. The molecule has 5 atom stereocenters. The fraction of sp³-hybridized carbons (Fsp3) is 0.333. The van der Waals surface area contributed by atoms with Gasteiger partial charge in [-0.15, -0.1) is 0 Å². The number of oxazole rings is 2. The number of carbonyl (C=O) groups is 5. The highest BCUT2D eigenvalue weighted by Crippen LogP contribution is 2.26. The lowest BCUT2D eigenvalue weighted by Crippen LogP contribution is -2.48. The molecule has 7 rings (SSSR count). The largest absolute Gasteiger partial charge is 0.446 e. The molecule has 4 bridgehead atoms. The minimum atomic E-state index is -1.05. The molecule has 4 N–H and O–H groups in total. The van der Waals surface area contributed by atoms with Crippen molar-refractivity contribution in [1.82, 2.24) is 45.7 Å². The van der Waals surface area contributed by atoms with Crippen molar-refractivity contribution in [3.63, 3.8) is 0 Å². The number of hydrogen-bond donors (Lipinski definition) is 4. The lowest BCUT2D eigenvalue weighted by Gasteiger charge is -2.25. The molecule has 5 aromatic rings. The number of nitrogens with one attached hydrogen (secondary N) is 4. The van der Waals surface area contributed by atoms with E-state index in [2.05, 4.69) is 36.2 Å². The van der Waals surface area contributed by atoms with Crippen LogP contribution in [0, 0.1) is 5.92 Å². The van der Waals surface area contributed by atoms with Crippen molar-refractivity contribution in [2.24, 2.45) is 5.92 Å². The molecular formula is C39H41N9O7. The monoisotopic (exact) mass is 747 g/mol. The maximum absolute atomic E-state index is 14.3. The summed E-state index contributed by atoms with van der Waals surface area (Å²) in [5.41, 5.74) is 1.91. The number of fused-ring (bicyclic) bond motifs is 5. The molecule has 1 saturated heterocycles. The number of carbonyl (C=O) groups excluding carboxylic acids is 5. The summed E-state index contributed by atoms with van der Waals surface area (Å²) in [5, 5.41) is 11.6. The first-order valence-corrected chi connectivity index (χ1v) is 18.1. The Hall–Kier alpha value is -6.58. The van der Waals surface area contributed by atoms with Crippen LogP contribution in [0.15, 0.2) is 94.7 Å². The molecule has 5 heterocycles. The standard InChI is InChI=1S/C39H41N9O7/c1-22(2)15-28-34(50)41-23(3)37-46-31(20-54-37)39(53)48-18-26(42-33(49)25-9-11-27(12-10-25)47-14-13-40-21-47)17-32(48)36(52)44-29(16-24-7-5-4-6-8-24)38-45-30(19-55-38)35(51)43-28/h4-14,19-23,26,28-29,32H,15-18H2,1-3H3,(H,41,50)(H,42,49)(H,43,51)(H,44,52)/t23-,26+,28-,29+,32+/m1/s1. The van der Waals surface area contributed by atoms with Crippen LogP contribution < -0.4 is 21.3 Å². The number of rotatable bonds is 7. The van der Waals surface area contributed by atoms with Crippen LogP contribution in [0.5, 0.6) is 0 Å². The fourth-order valence-corrected chi connectivity index (χ4v) is 6.79. The maximum atomic E-state index is 14.3.